The number of ether oxygens (including phenoxy) is 1. The van der Waals surface area contributed by atoms with Crippen molar-refractivity contribution in [1.82, 2.24) is 4.90 Å². The first-order chi connectivity index (χ1) is 14.2. The maximum atomic E-state index is 12.8. The largest absolute Gasteiger partial charge is 0.496 e. The van der Waals surface area contributed by atoms with Gasteiger partial charge in [-0.1, -0.05) is 60.7 Å². The lowest BCUT2D eigenvalue weighted by atomic mass is 10.0. The van der Waals surface area contributed by atoms with Crippen molar-refractivity contribution in [2.24, 2.45) is 0 Å². The molecule has 1 aliphatic rings. The van der Waals surface area contributed by atoms with Crippen molar-refractivity contribution in [2.45, 2.75) is 12.8 Å². The fourth-order valence-electron chi connectivity index (χ4n) is 3.52. The maximum absolute atomic E-state index is 12.8. The van der Waals surface area contributed by atoms with Gasteiger partial charge in [-0.25, -0.2) is 0 Å². The van der Waals surface area contributed by atoms with Crippen molar-refractivity contribution in [2.75, 3.05) is 13.7 Å². The highest BCUT2D eigenvalue weighted by atomic mass is 32.2. The van der Waals surface area contributed by atoms with E-state index >= 15 is 0 Å². The molecule has 0 bridgehead atoms. The SMILES string of the molecule is COc1ccc(/C=C2/SC(=O)N(CCCc3ccccc3)C2=O)c2ccccc12. The minimum absolute atomic E-state index is 0.202. The number of nitrogens with zero attached hydrogens (tertiary/aromatic N) is 1. The summed E-state index contributed by atoms with van der Waals surface area (Å²) in [6.45, 7) is 0.431. The zero-order valence-corrected chi connectivity index (χ0v) is 16.9. The molecule has 146 valence electrons. The van der Waals surface area contributed by atoms with Gasteiger partial charge in [0.2, 0.25) is 0 Å². The number of methoxy groups -OCH3 is 1. The summed E-state index contributed by atoms with van der Waals surface area (Å²) in [5.74, 6) is 0.569. The van der Waals surface area contributed by atoms with Gasteiger partial charge >= 0.3 is 0 Å². The lowest BCUT2D eigenvalue weighted by Gasteiger charge is -2.12. The zero-order chi connectivity index (χ0) is 20.2. The molecule has 1 aliphatic heterocycles. The number of imide groups is 1. The highest BCUT2D eigenvalue weighted by Crippen LogP contribution is 2.35. The second-order valence-corrected chi connectivity index (χ2v) is 7.82. The molecule has 0 saturated carbocycles. The van der Waals surface area contributed by atoms with Crippen LogP contribution in [0.5, 0.6) is 5.75 Å². The minimum atomic E-state index is -0.215. The van der Waals surface area contributed by atoms with Crippen molar-refractivity contribution in [3.05, 3.63) is 82.8 Å². The van der Waals surface area contributed by atoms with E-state index in [-0.39, 0.29) is 11.1 Å². The Bertz CT molecular complexity index is 1090. The normalized spacial score (nSPS) is 15.5. The molecule has 4 nitrogen and oxygen atoms in total. The molecule has 3 aromatic carbocycles. The quantitative estimate of drug-likeness (QED) is 0.509. The molecule has 2 amide bonds. The van der Waals surface area contributed by atoms with Crippen LogP contribution < -0.4 is 4.74 Å². The first kappa shape index (κ1) is 19.3. The molecule has 0 spiro atoms. The minimum Gasteiger partial charge on any atom is -0.496 e. The van der Waals surface area contributed by atoms with E-state index in [2.05, 4.69) is 12.1 Å². The summed E-state index contributed by atoms with van der Waals surface area (Å²) in [5, 5.41) is 1.76. The molecule has 5 heteroatoms. The van der Waals surface area contributed by atoms with E-state index in [1.165, 1.54) is 10.5 Å². The number of hydrogen-bond acceptors (Lipinski definition) is 4. The van der Waals surface area contributed by atoms with E-state index < -0.39 is 0 Å². The number of aryl methyl sites for hydroxylation is 1. The lowest BCUT2D eigenvalue weighted by molar-refractivity contribution is -0.122. The molecule has 1 heterocycles. The molecule has 0 radical (unpaired) electrons. The molecule has 3 aromatic rings. The van der Waals surface area contributed by atoms with Crippen LogP contribution in [-0.4, -0.2) is 29.7 Å². The van der Waals surface area contributed by atoms with Crippen molar-refractivity contribution >= 4 is 39.8 Å². The number of rotatable bonds is 6. The predicted octanol–water partition coefficient (Wildman–Crippen LogP) is 5.52. The average molecular weight is 404 g/mol. The topological polar surface area (TPSA) is 46.6 Å². The van der Waals surface area contributed by atoms with Crippen LogP contribution in [0.3, 0.4) is 0 Å². The van der Waals surface area contributed by atoms with Crippen LogP contribution in [0.1, 0.15) is 17.5 Å². The fourth-order valence-corrected chi connectivity index (χ4v) is 4.37. The van der Waals surface area contributed by atoms with E-state index in [1.807, 2.05) is 60.7 Å². The van der Waals surface area contributed by atoms with Crippen molar-refractivity contribution in [1.29, 1.82) is 0 Å². The van der Waals surface area contributed by atoms with Crippen LogP contribution in [0.2, 0.25) is 0 Å². The second-order valence-electron chi connectivity index (χ2n) is 6.83. The van der Waals surface area contributed by atoms with Crippen molar-refractivity contribution < 1.29 is 14.3 Å². The monoisotopic (exact) mass is 403 g/mol. The molecule has 0 aromatic heterocycles. The summed E-state index contributed by atoms with van der Waals surface area (Å²) < 4.78 is 5.43. The summed E-state index contributed by atoms with van der Waals surface area (Å²) >= 11 is 1.01. The van der Waals surface area contributed by atoms with Gasteiger partial charge in [0.25, 0.3) is 11.1 Å². The van der Waals surface area contributed by atoms with Gasteiger partial charge in [0.15, 0.2) is 0 Å². The van der Waals surface area contributed by atoms with E-state index in [0.717, 1.165) is 46.7 Å². The smallest absolute Gasteiger partial charge is 0.293 e. The molecule has 0 unspecified atom stereocenters. The Morgan fingerprint density at radius 1 is 0.931 bits per heavy atom. The molecule has 29 heavy (non-hydrogen) atoms. The van der Waals surface area contributed by atoms with E-state index in [4.69, 9.17) is 4.74 Å². The van der Waals surface area contributed by atoms with Crippen LogP contribution in [0.15, 0.2) is 71.6 Å². The molecular formula is C24H21NO3S. The predicted molar refractivity (Wildman–Crippen MR) is 118 cm³/mol. The van der Waals surface area contributed by atoms with Crippen molar-refractivity contribution in [3.63, 3.8) is 0 Å². The van der Waals surface area contributed by atoms with Crippen LogP contribution >= 0.6 is 11.8 Å². The van der Waals surface area contributed by atoms with E-state index in [0.29, 0.717) is 11.4 Å². The third kappa shape index (κ3) is 4.05. The Morgan fingerprint density at radius 2 is 1.66 bits per heavy atom. The summed E-state index contributed by atoms with van der Waals surface area (Å²) in [4.78, 5) is 27.0. The molecule has 4 rings (SSSR count). The number of carbonyl (C=O) groups excluding carboxylic acids is 2. The summed E-state index contributed by atoms with van der Waals surface area (Å²) in [7, 11) is 1.64. The number of fused-ring (bicyclic) bond motifs is 1. The Morgan fingerprint density at radius 3 is 2.41 bits per heavy atom. The summed E-state index contributed by atoms with van der Waals surface area (Å²) in [5.41, 5.74) is 2.11. The van der Waals surface area contributed by atoms with Gasteiger partial charge in [0.05, 0.1) is 12.0 Å². The van der Waals surface area contributed by atoms with Gasteiger partial charge in [-0.2, -0.15) is 0 Å². The van der Waals surface area contributed by atoms with Gasteiger partial charge in [-0.3, -0.25) is 14.5 Å². The molecule has 1 saturated heterocycles. The molecule has 0 N–H and O–H groups in total. The van der Waals surface area contributed by atoms with Gasteiger partial charge in [-0.15, -0.1) is 0 Å². The Labute approximate surface area is 174 Å². The summed E-state index contributed by atoms with van der Waals surface area (Å²) in [6, 6.07) is 21.8. The highest BCUT2D eigenvalue weighted by molar-refractivity contribution is 8.18. The van der Waals surface area contributed by atoms with Gasteiger partial charge in [-0.05, 0) is 53.3 Å². The van der Waals surface area contributed by atoms with E-state index in [9.17, 15) is 9.59 Å². The number of thioether (sulfide) groups is 1. The first-order valence-electron chi connectivity index (χ1n) is 9.52. The maximum Gasteiger partial charge on any atom is 0.293 e. The van der Waals surface area contributed by atoms with Crippen LogP contribution in [-0.2, 0) is 11.2 Å². The van der Waals surface area contributed by atoms with Crippen LogP contribution in [0, 0.1) is 0 Å². The standard InChI is InChI=1S/C24H21NO3S/c1-28-21-14-13-18(19-11-5-6-12-20(19)21)16-22-23(26)25(24(27)29-22)15-7-10-17-8-3-2-4-9-17/h2-6,8-9,11-14,16H,7,10,15H2,1H3/b22-16+. The molecule has 1 fully saturated rings. The molecular weight excluding hydrogens is 382 g/mol. The first-order valence-corrected chi connectivity index (χ1v) is 10.3. The number of carbonyl (C=O) groups is 2. The zero-order valence-electron chi connectivity index (χ0n) is 16.1. The van der Waals surface area contributed by atoms with Crippen LogP contribution in [0.4, 0.5) is 4.79 Å². The molecule has 0 aliphatic carbocycles. The highest BCUT2D eigenvalue weighted by Gasteiger charge is 2.34. The molecule has 0 atom stereocenters. The lowest BCUT2D eigenvalue weighted by Crippen LogP contribution is -2.29. The van der Waals surface area contributed by atoms with E-state index in [1.54, 1.807) is 7.11 Å². The second kappa shape index (κ2) is 8.53. The Kier molecular flexibility index (Phi) is 5.67. The number of amides is 2. The third-order valence-electron chi connectivity index (χ3n) is 4.99. The summed E-state index contributed by atoms with van der Waals surface area (Å²) in [6.07, 6.45) is 3.40. The number of hydrogen-bond donors (Lipinski definition) is 0. The Hall–Kier alpha value is -3.05. The Balaban J connectivity index is 1.53. The van der Waals surface area contributed by atoms with Crippen LogP contribution in [0.25, 0.3) is 16.8 Å². The van der Waals surface area contributed by atoms with Gasteiger partial charge < -0.3 is 4.74 Å². The average Bonchev–Trinajstić information content (AvgIpc) is 3.02. The van der Waals surface area contributed by atoms with Gasteiger partial charge in [0.1, 0.15) is 5.75 Å². The van der Waals surface area contributed by atoms with Gasteiger partial charge in [0, 0.05) is 11.9 Å². The number of benzene rings is 3. The fraction of sp³-hybridized carbons (Fsp3) is 0.167. The van der Waals surface area contributed by atoms with Crippen molar-refractivity contribution in [3.8, 4) is 5.75 Å². The third-order valence-corrected chi connectivity index (χ3v) is 5.90.